The number of carbonyl (C=O) groups is 1. The summed E-state index contributed by atoms with van der Waals surface area (Å²) in [7, 11) is 0. The van der Waals surface area contributed by atoms with Crippen LogP contribution in [0.15, 0.2) is 24.3 Å². The summed E-state index contributed by atoms with van der Waals surface area (Å²) in [6, 6.07) is 7.85. The second-order valence-electron chi connectivity index (χ2n) is 4.57. The number of carbonyl (C=O) groups excluding carboxylic acids is 1. The predicted molar refractivity (Wildman–Crippen MR) is 72.1 cm³/mol. The lowest BCUT2D eigenvalue weighted by molar-refractivity contribution is -0.126. The molecule has 1 aromatic carbocycles. The Morgan fingerprint density at radius 2 is 2.33 bits per heavy atom. The number of ether oxygens (including phenoxy) is 1. The molecule has 4 heteroatoms. The number of para-hydroxylation sites is 1. The van der Waals surface area contributed by atoms with E-state index in [4.69, 9.17) is 16.3 Å². The predicted octanol–water partition coefficient (Wildman–Crippen LogP) is 2.37. The van der Waals surface area contributed by atoms with Gasteiger partial charge < -0.3 is 10.1 Å². The van der Waals surface area contributed by atoms with Crippen molar-refractivity contribution in [1.29, 1.82) is 0 Å². The monoisotopic (exact) mass is 267 g/mol. The van der Waals surface area contributed by atoms with Crippen molar-refractivity contribution in [3.05, 3.63) is 29.8 Å². The van der Waals surface area contributed by atoms with Crippen LogP contribution in [0.5, 0.6) is 5.75 Å². The van der Waals surface area contributed by atoms with Crippen LogP contribution < -0.4 is 10.1 Å². The van der Waals surface area contributed by atoms with E-state index in [2.05, 4.69) is 5.32 Å². The van der Waals surface area contributed by atoms with Gasteiger partial charge in [0.25, 0.3) is 0 Å². The fourth-order valence-corrected chi connectivity index (χ4v) is 2.07. The van der Waals surface area contributed by atoms with Crippen molar-refractivity contribution in [3.63, 3.8) is 0 Å². The van der Waals surface area contributed by atoms with E-state index in [1.54, 1.807) is 0 Å². The highest BCUT2D eigenvalue weighted by Gasteiger charge is 2.25. The van der Waals surface area contributed by atoms with Gasteiger partial charge in [-0.15, -0.1) is 11.6 Å². The van der Waals surface area contributed by atoms with Gasteiger partial charge in [0.2, 0.25) is 5.91 Å². The summed E-state index contributed by atoms with van der Waals surface area (Å²) in [6.07, 6.45) is 1.59. The smallest absolute Gasteiger partial charge is 0.226 e. The minimum Gasteiger partial charge on any atom is -0.492 e. The number of hydrogen-bond acceptors (Lipinski definition) is 2. The van der Waals surface area contributed by atoms with Crippen LogP contribution in [0.1, 0.15) is 18.9 Å². The highest BCUT2D eigenvalue weighted by atomic mass is 35.5. The first-order valence-corrected chi connectivity index (χ1v) is 6.76. The third-order valence-electron chi connectivity index (χ3n) is 3.19. The van der Waals surface area contributed by atoms with E-state index in [0.717, 1.165) is 24.2 Å². The first kappa shape index (κ1) is 13.2. The van der Waals surface area contributed by atoms with Crippen LogP contribution in [0.4, 0.5) is 0 Å². The lowest BCUT2D eigenvalue weighted by Crippen LogP contribution is -2.39. The molecule has 0 saturated carbocycles. The molecule has 1 aliphatic rings. The summed E-state index contributed by atoms with van der Waals surface area (Å²) in [5.41, 5.74) is 1.10. The molecule has 0 bridgehead atoms. The van der Waals surface area contributed by atoms with E-state index in [9.17, 15) is 4.79 Å². The van der Waals surface area contributed by atoms with Gasteiger partial charge in [-0.2, -0.15) is 0 Å². The minimum atomic E-state index is -0.111. The Labute approximate surface area is 112 Å². The molecule has 1 heterocycles. The molecule has 1 amide bonds. The Bertz CT molecular complexity index is 422. The van der Waals surface area contributed by atoms with Gasteiger partial charge in [-0.1, -0.05) is 25.1 Å². The molecule has 0 aromatic heterocycles. The molecular weight excluding hydrogens is 250 g/mol. The summed E-state index contributed by atoms with van der Waals surface area (Å²) in [4.78, 5) is 12.0. The topological polar surface area (TPSA) is 38.3 Å². The molecule has 1 aliphatic heterocycles. The van der Waals surface area contributed by atoms with Gasteiger partial charge in [0.1, 0.15) is 12.4 Å². The van der Waals surface area contributed by atoms with Crippen LogP contribution in [-0.4, -0.2) is 24.4 Å². The lowest BCUT2D eigenvalue weighted by Gasteiger charge is -2.24. The number of hydrogen-bond donors (Lipinski definition) is 1. The van der Waals surface area contributed by atoms with E-state index in [0.29, 0.717) is 13.2 Å². The van der Waals surface area contributed by atoms with Crippen LogP contribution in [0.25, 0.3) is 0 Å². The maximum atomic E-state index is 12.0. The standard InChI is InChI=1S/C14H18ClNO2/c1-2-12(15)8-16-14(17)11-7-10-5-3-4-6-13(10)18-9-11/h3-6,11-12H,2,7-9H2,1H3,(H,16,17). The summed E-state index contributed by atoms with van der Waals surface area (Å²) < 4.78 is 5.60. The molecule has 2 unspecified atom stereocenters. The molecule has 0 radical (unpaired) electrons. The second-order valence-corrected chi connectivity index (χ2v) is 5.19. The van der Waals surface area contributed by atoms with Gasteiger partial charge in [-0.3, -0.25) is 4.79 Å². The normalized spacial score (nSPS) is 19.6. The van der Waals surface area contributed by atoms with Crippen molar-refractivity contribution < 1.29 is 9.53 Å². The number of benzene rings is 1. The highest BCUT2D eigenvalue weighted by Crippen LogP contribution is 2.26. The van der Waals surface area contributed by atoms with Crippen LogP contribution in [0.3, 0.4) is 0 Å². The molecule has 0 aliphatic carbocycles. The van der Waals surface area contributed by atoms with Crippen LogP contribution in [0, 0.1) is 5.92 Å². The van der Waals surface area contributed by atoms with Gasteiger partial charge in [0, 0.05) is 6.54 Å². The number of fused-ring (bicyclic) bond motifs is 1. The third kappa shape index (κ3) is 3.16. The average molecular weight is 268 g/mol. The molecule has 18 heavy (non-hydrogen) atoms. The summed E-state index contributed by atoms with van der Waals surface area (Å²) in [5, 5.41) is 2.89. The zero-order valence-electron chi connectivity index (χ0n) is 10.5. The SMILES string of the molecule is CCC(Cl)CNC(=O)C1COc2ccccc2C1. The zero-order chi connectivity index (χ0) is 13.0. The Kier molecular flexibility index (Phi) is 4.48. The summed E-state index contributed by atoms with van der Waals surface area (Å²) in [6.45, 7) is 2.97. The Hall–Kier alpha value is -1.22. The number of rotatable bonds is 4. The van der Waals surface area contributed by atoms with Crippen molar-refractivity contribution in [2.75, 3.05) is 13.2 Å². The Morgan fingerprint density at radius 3 is 3.11 bits per heavy atom. The van der Waals surface area contributed by atoms with Crippen molar-refractivity contribution in [3.8, 4) is 5.75 Å². The van der Waals surface area contributed by atoms with E-state index in [1.807, 2.05) is 31.2 Å². The van der Waals surface area contributed by atoms with Crippen LogP contribution in [-0.2, 0) is 11.2 Å². The highest BCUT2D eigenvalue weighted by molar-refractivity contribution is 6.20. The van der Waals surface area contributed by atoms with E-state index in [1.165, 1.54) is 0 Å². The quantitative estimate of drug-likeness (QED) is 0.851. The third-order valence-corrected chi connectivity index (χ3v) is 3.65. The van der Waals surface area contributed by atoms with Crippen molar-refractivity contribution >= 4 is 17.5 Å². The van der Waals surface area contributed by atoms with Crippen molar-refractivity contribution in [1.82, 2.24) is 5.32 Å². The Morgan fingerprint density at radius 1 is 1.56 bits per heavy atom. The van der Waals surface area contributed by atoms with Crippen LogP contribution in [0.2, 0.25) is 0 Å². The van der Waals surface area contributed by atoms with Crippen molar-refractivity contribution in [2.24, 2.45) is 5.92 Å². The van der Waals surface area contributed by atoms with E-state index in [-0.39, 0.29) is 17.2 Å². The molecule has 3 nitrogen and oxygen atoms in total. The van der Waals surface area contributed by atoms with Gasteiger partial charge in [-0.25, -0.2) is 0 Å². The zero-order valence-corrected chi connectivity index (χ0v) is 11.2. The molecule has 0 fully saturated rings. The van der Waals surface area contributed by atoms with Gasteiger partial charge in [0.15, 0.2) is 0 Å². The molecule has 0 saturated heterocycles. The number of amides is 1. The molecule has 1 N–H and O–H groups in total. The largest absolute Gasteiger partial charge is 0.492 e. The van der Waals surface area contributed by atoms with Gasteiger partial charge >= 0.3 is 0 Å². The minimum absolute atomic E-state index is 0.00532. The lowest BCUT2D eigenvalue weighted by atomic mass is 9.96. The molecule has 2 rings (SSSR count). The molecule has 98 valence electrons. The fraction of sp³-hybridized carbons (Fsp3) is 0.500. The van der Waals surface area contributed by atoms with Crippen molar-refractivity contribution in [2.45, 2.75) is 25.1 Å². The first-order chi connectivity index (χ1) is 8.70. The number of nitrogens with one attached hydrogen (secondary N) is 1. The molecule has 0 spiro atoms. The molecule has 1 aromatic rings. The van der Waals surface area contributed by atoms with E-state index >= 15 is 0 Å². The first-order valence-electron chi connectivity index (χ1n) is 6.33. The molecular formula is C14H18ClNO2. The summed E-state index contributed by atoms with van der Waals surface area (Å²) >= 11 is 5.98. The van der Waals surface area contributed by atoms with Gasteiger partial charge in [-0.05, 0) is 24.5 Å². The number of halogens is 1. The maximum Gasteiger partial charge on any atom is 0.226 e. The van der Waals surface area contributed by atoms with Gasteiger partial charge in [0.05, 0.1) is 11.3 Å². The second kappa shape index (κ2) is 6.10. The maximum absolute atomic E-state index is 12.0. The fourth-order valence-electron chi connectivity index (χ4n) is 2.00. The molecule has 2 atom stereocenters. The average Bonchev–Trinajstić information content (AvgIpc) is 2.43. The Balaban J connectivity index is 1.90. The van der Waals surface area contributed by atoms with E-state index < -0.39 is 0 Å². The summed E-state index contributed by atoms with van der Waals surface area (Å²) in [5.74, 6) is 0.814. The number of alkyl halides is 1. The van der Waals surface area contributed by atoms with Crippen LogP contribution >= 0.6 is 11.6 Å².